The van der Waals surface area contributed by atoms with E-state index in [1.54, 1.807) is 0 Å². The fraction of sp³-hybridized carbons (Fsp3) is 0.571. The Labute approximate surface area is 112 Å². The van der Waals surface area contributed by atoms with Crippen molar-refractivity contribution in [2.45, 2.75) is 38.1 Å². The van der Waals surface area contributed by atoms with Gasteiger partial charge < -0.3 is 10.6 Å². The maximum absolute atomic E-state index is 5.58. The fourth-order valence-electron chi connectivity index (χ4n) is 2.65. The molecule has 1 saturated carbocycles. The van der Waals surface area contributed by atoms with Gasteiger partial charge in [-0.15, -0.1) is 0 Å². The van der Waals surface area contributed by atoms with Gasteiger partial charge in [0.05, 0.1) is 5.69 Å². The van der Waals surface area contributed by atoms with Gasteiger partial charge in [-0.05, 0) is 59.4 Å². The van der Waals surface area contributed by atoms with Crippen molar-refractivity contribution in [1.29, 1.82) is 0 Å². The van der Waals surface area contributed by atoms with E-state index in [1.807, 2.05) is 0 Å². The van der Waals surface area contributed by atoms with Crippen LogP contribution in [-0.4, -0.2) is 19.6 Å². The van der Waals surface area contributed by atoms with Crippen LogP contribution in [0, 0.1) is 0 Å². The molecule has 0 atom stereocenters. The molecular weight excluding hydrogens is 276 g/mol. The molecule has 1 aromatic carbocycles. The standard InChI is InChI=1S/C14H21BrN2/c1-17(12-4-2-3-5-12)14-7-6-11(8-9-16)10-13(14)15/h6-7,10,12H,2-5,8-9,16H2,1H3. The Hall–Kier alpha value is -0.540. The molecule has 1 aliphatic rings. The Bertz CT molecular complexity index is 372. The van der Waals surface area contributed by atoms with E-state index in [2.05, 4.69) is 46.1 Å². The van der Waals surface area contributed by atoms with Crippen molar-refractivity contribution in [2.24, 2.45) is 5.73 Å². The first-order chi connectivity index (χ1) is 8.22. The molecule has 3 heteroatoms. The molecule has 0 amide bonds. The summed E-state index contributed by atoms with van der Waals surface area (Å²) in [7, 11) is 2.21. The lowest BCUT2D eigenvalue weighted by Crippen LogP contribution is -2.29. The van der Waals surface area contributed by atoms with E-state index in [-0.39, 0.29) is 0 Å². The molecule has 1 fully saturated rings. The first kappa shape index (κ1) is 12.9. The van der Waals surface area contributed by atoms with Crippen LogP contribution in [0.1, 0.15) is 31.2 Å². The van der Waals surface area contributed by atoms with Crippen LogP contribution < -0.4 is 10.6 Å². The number of halogens is 1. The minimum Gasteiger partial charge on any atom is -0.371 e. The lowest BCUT2D eigenvalue weighted by molar-refractivity contribution is 0.652. The first-order valence-electron chi connectivity index (χ1n) is 6.43. The summed E-state index contributed by atoms with van der Waals surface area (Å²) in [5.41, 5.74) is 8.19. The summed E-state index contributed by atoms with van der Waals surface area (Å²) in [5, 5.41) is 0. The van der Waals surface area contributed by atoms with Crippen LogP contribution in [0.3, 0.4) is 0 Å². The molecule has 1 aromatic rings. The highest BCUT2D eigenvalue weighted by Gasteiger charge is 2.21. The third-order valence-electron chi connectivity index (χ3n) is 3.70. The SMILES string of the molecule is CN(c1ccc(CCN)cc1Br)C1CCCC1. The zero-order valence-corrected chi connectivity index (χ0v) is 12.0. The second-order valence-electron chi connectivity index (χ2n) is 4.87. The van der Waals surface area contributed by atoms with Crippen molar-refractivity contribution in [2.75, 3.05) is 18.5 Å². The van der Waals surface area contributed by atoms with Gasteiger partial charge in [0.15, 0.2) is 0 Å². The predicted octanol–water partition coefficient (Wildman–Crippen LogP) is 3.33. The number of nitrogens with two attached hydrogens (primary N) is 1. The average Bonchev–Trinajstić information content (AvgIpc) is 2.82. The molecule has 0 heterocycles. The van der Waals surface area contributed by atoms with Gasteiger partial charge in [0, 0.05) is 17.6 Å². The molecule has 0 aromatic heterocycles. The summed E-state index contributed by atoms with van der Waals surface area (Å²) >= 11 is 3.68. The molecule has 2 nitrogen and oxygen atoms in total. The topological polar surface area (TPSA) is 29.3 Å². The van der Waals surface area contributed by atoms with Crippen molar-refractivity contribution in [1.82, 2.24) is 0 Å². The quantitative estimate of drug-likeness (QED) is 0.923. The molecule has 94 valence electrons. The molecule has 0 saturated heterocycles. The van der Waals surface area contributed by atoms with E-state index >= 15 is 0 Å². The predicted molar refractivity (Wildman–Crippen MR) is 77.6 cm³/mol. The van der Waals surface area contributed by atoms with Crippen molar-refractivity contribution >= 4 is 21.6 Å². The Kier molecular flexibility index (Phi) is 4.46. The molecule has 17 heavy (non-hydrogen) atoms. The van der Waals surface area contributed by atoms with Crippen LogP contribution in [0.25, 0.3) is 0 Å². The maximum atomic E-state index is 5.58. The zero-order valence-electron chi connectivity index (χ0n) is 10.5. The zero-order chi connectivity index (χ0) is 12.3. The van der Waals surface area contributed by atoms with Gasteiger partial charge >= 0.3 is 0 Å². The summed E-state index contributed by atoms with van der Waals surface area (Å²) < 4.78 is 1.19. The molecule has 1 aliphatic carbocycles. The van der Waals surface area contributed by atoms with Crippen molar-refractivity contribution in [3.05, 3.63) is 28.2 Å². The Morgan fingerprint density at radius 1 is 1.35 bits per heavy atom. The Balaban J connectivity index is 2.14. The molecule has 0 unspecified atom stereocenters. The van der Waals surface area contributed by atoms with Crippen molar-refractivity contribution < 1.29 is 0 Å². The van der Waals surface area contributed by atoms with Gasteiger partial charge in [0.2, 0.25) is 0 Å². The Morgan fingerprint density at radius 3 is 2.65 bits per heavy atom. The molecule has 2 rings (SSSR count). The summed E-state index contributed by atoms with van der Waals surface area (Å²) in [6.07, 6.45) is 6.35. The minimum atomic E-state index is 0.713. The summed E-state index contributed by atoms with van der Waals surface area (Å²) in [5.74, 6) is 0. The highest BCUT2D eigenvalue weighted by atomic mass is 79.9. The fourth-order valence-corrected chi connectivity index (χ4v) is 3.35. The smallest absolute Gasteiger partial charge is 0.0510 e. The van der Waals surface area contributed by atoms with E-state index < -0.39 is 0 Å². The van der Waals surface area contributed by atoms with E-state index in [1.165, 1.54) is 41.4 Å². The Morgan fingerprint density at radius 2 is 2.06 bits per heavy atom. The van der Waals surface area contributed by atoms with Crippen molar-refractivity contribution in [3.8, 4) is 0 Å². The summed E-state index contributed by atoms with van der Waals surface area (Å²) in [4.78, 5) is 2.42. The van der Waals surface area contributed by atoms with E-state index in [9.17, 15) is 0 Å². The van der Waals surface area contributed by atoms with E-state index in [0.29, 0.717) is 12.6 Å². The van der Waals surface area contributed by atoms with Crippen molar-refractivity contribution in [3.63, 3.8) is 0 Å². The van der Waals surface area contributed by atoms with Crippen LogP contribution in [0.2, 0.25) is 0 Å². The first-order valence-corrected chi connectivity index (χ1v) is 7.23. The molecule has 0 aliphatic heterocycles. The number of anilines is 1. The van der Waals surface area contributed by atoms with Crippen LogP contribution in [-0.2, 0) is 6.42 Å². The number of benzene rings is 1. The lowest BCUT2D eigenvalue weighted by Gasteiger charge is -2.27. The number of nitrogens with zero attached hydrogens (tertiary/aromatic N) is 1. The van der Waals surface area contributed by atoms with Crippen LogP contribution in [0.15, 0.2) is 22.7 Å². The van der Waals surface area contributed by atoms with Gasteiger partial charge in [0.25, 0.3) is 0 Å². The third-order valence-corrected chi connectivity index (χ3v) is 4.33. The largest absolute Gasteiger partial charge is 0.371 e. The van der Waals surface area contributed by atoms with Gasteiger partial charge in [-0.25, -0.2) is 0 Å². The highest BCUT2D eigenvalue weighted by Crippen LogP contribution is 2.32. The van der Waals surface area contributed by atoms with Crippen LogP contribution in [0.4, 0.5) is 5.69 Å². The van der Waals surface area contributed by atoms with Gasteiger partial charge in [-0.2, -0.15) is 0 Å². The minimum absolute atomic E-state index is 0.713. The van der Waals surface area contributed by atoms with E-state index in [4.69, 9.17) is 5.73 Å². The monoisotopic (exact) mass is 296 g/mol. The number of rotatable bonds is 4. The molecular formula is C14H21BrN2. The normalized spacial score (nSPS) is 16.4. The molecule has 2 N–H and O–H groups in total. The number of hydrogen-bond donors (Lipinski definition) is 1. The van der Waals surface area contributed by atoms with E-state index in [0.717, 1.165) is 6.42 Å². The lowest BCUT2D eigenvalue weighted by atomic mass is 10.1. The third kappa shape index (κ3) is 3.02. The highest BCUT2D eigenvalue weighted by molar-refractivity contribution is 9.10. The second kappa shape index (κ2) is 5.87. The molecule has 0 bridgehead atoms. The molecule has 0 spiro atoms. The average molecular weight is 297 g/mol. The van der Waals surface area contributed by atoms with Gasteiger partial charge in [-0.1, -0.05) is 18.9 Å². The number of hydrogen-bond acceptors (Lipinski definition) is 2. The maximum Gasteiger partial charge on any atom is 0.0510 e. The molecule has 0 radical (unpaired) electrons. The van der Waals surface area contributed by atoms with Gasteiger partial charge in [0.1, 0.15) is 0 Å². The van der Waals surface area contributed by atoms with Gasteiger partial charge in [-0.3, -0.25) is 0 Å². The van der Waals surface area contributed by atoms with Crippen LogP contribution in [0.5, 0.6) is 0 Å². The summed E-state index contributed by atoms with van der Waals surface area (Å²) in [6.45, 7) is 0.713. The second-order valence-corrected chi connectivity index (χ2v) is 5.73. The van der Waals surface area contributed by atoms with Crippen LogP contribution >= 0.6 is 15.9 Å². The summed E-state index contributed by atoms with van der Waals surface area (Å²) in [6, 6.07) is 7.33.